The molecular formula is C17H17ClN6O2. The number of hydrogen-bond donors (Lipinski definition) is 1. The van der Waals surface area contributed by atoms with E-state index in [0.717, 1.165) is 5.69 Å². The number of anilines is 1. The number of amides is 1. The Hall–Kier alpha value is -2.87. The highest BCUT2D eigenvalue weighted by atomic mass is 35.5. The molecule has 2 aromatic heterocycles. The molecule has 1 fully saturated rings. The predicted molar refractivity (Wildman–Crippen MR) is 97.9 cm³/mol. The number of rotatable bonds is 2. The van der Waals surface area contributed by atoms with Crippen LogP contribution in [0.3, 0.4) is 0 Å². The molecule has 8 nitrogen and oxygen atoms in total. The number of fused-ring (bicyclic) bond motifs is 1. The highest BCUT2D eigenvalue weighted by Gasteiger charge is 2.27. The molecular weight excluding hydrogens is 356 g/mol. The summed E-state index contributed by atoms with van der Waals surface area (Å²) in [5, 5.41) is 8.53. The van der Waals surface area contributed by atoms with E-state index in [9.17, 15) is 9.59 Å². The van der Waals surface area contributed by atoms with Crippen LogP contribution in [-0.4, -0.2) is 56.8 Å². The maximum atomic E-state index is 12.8. The number of hydrogen-bond acceptors (Lipinski definition) is 5. The number of aromatic amines is 1. The summed E-state index contributed by atoms with van der Waals surface area (Å²) in [6, 6.07) is 7.64. The van der Waals surface area contributed by atoms with Gasteiger partial charge in [0.05, 0.1) is 6.20 Å². The number of benzene rings is 1. The standard InChI is InChI=1S/C17H17ClN6O2/c1-11-10-24-15(16(25)19-11)14(20-21-24)17(26)23-8-6-22(7-9-23)13-4-2-12(18)3-5-13/h2-5,10H,6-9H2,1H3,(H,19,25). The first-order chi connectivity index (χ1) is 12.5. The number of H-pyrrole nitrogens is 1. The largest absolute Gasteiger partial charge is 0.368 e. The Kier molecular flexibility index (Phi) is 4.12. The summed E-state index contributed by atoms with van der Waals surface area (Å²) in [6.07, 6.45) is 1.64. The predicted octanol–water partition coefficient (Wildman–Crippen LogP) is 1.34. The summed E-state index contributed by atoms with van der Waals surface area (Å²) in [6.45, 7) is 4.23. The second-order valence-electron chi connectivity index (χ2n) is 6.25. The number of nitrogens with one attached hydrogen (secondary N) is 1. The van der Waals surface area contributed by atoms with Crippen molar-refractivity contribution in [1.82, 2.24) is 24.7 Å². The van der Waals surface area contributed by atoms with Gasteiger partial charge in [-0.25, -0.2) is 4.52 Å². The van der Waals surface area contributed by atoms with Gasteiger partial charge in [-0.15, -0.1) is 5.10 Å². The Morgan fingerprint density at radius 1 is 1.15 bits per heavy atom. The summed E-state index contributed by atoms with van der Waals surface area (Å²) in [7, 11) is 0. The van der Waals surface area contributed by atoms with Crippen molar-refractivity contribution < 1.29 is 4.79 Å². The fraction of sp³-hybridized carbons (Fsp3) is 0.294. The van der Waals surface area contributed by atoms with Crippen LogP contribution in [0.5, 0.6) is 0 Å². The minimum absolute atomic E-state index is 0.0891. The number of nitrogens with zero attached hydrogens (tertiary/aromatic N) is 5. The van der Waals surface area contributed by atoms with Gasteiger partial charge in [0.15, 0.2) is 11.2 Å². The minimum Gasteiger partial charge on any atom is -0.368 e. The fourth-order valence-corrected chi connectivity index (χ4v) is 3.29. The van der Waals surface area contributed by atoms with Gasteiger partial charge >= 0.3 is 0 Å². The van der Waals surface area contributed by atoms with Crippen LogP contribution in [-0.2, 0) is 0 Å². The quantitative estimate of drug-likeness (QED) is 0.733. The number of aryl methyl sites for hydroxylation is 1. The molecule has 1 N–H and O–H groups in total. The molecule has 9 heteroatoms. The van der Waals surface area contributed by atoms with Crippen LogP contribution in [0, 0.1) is 6.92 Å². The van der Waals surface area contributed by atoms with E-state index in [4.69, 9.17) is 11.6 Å². The zero-order valence-electron chi connectivity index (χ0n) is 14.1. The lowest BCUT2D eigenvalue weighted by molar-refractivity contribution is 0.0742. The Morgan fingerprint density at radius 2 is 1.85 bits per heavy atom. The van der Waals surface area contributed by atoms with Crippen LogP contribution in [0.15, 0.2) is 35.3 Å². The van der Waals surface area contributed by atoms with Crippen LogP contribution in [0.25, 0.3) is 5.52 Å². The topological polar surface area (TPSA) is 86.6 Å². The molecule has 1 aromatic carbocycles. The highest BCUT2D eigenvalue weighted by Crippen LogP contribution is 2.20. The van der Waals surface area contributed by atoms with Crippen molar-refractivity contribution in [2.24, 2.45) is 0 Å². The van der Waals surface area contributed by atoms with Gasteiger partial charge in [0, 0.05) is 42.6 Å². The normalized spacial score (nSPS) is 14.8. The monoisotopic (exact) mass is 372 g/mol. The van der Waals surface area contributed by atoms with E-state index < -0.39 is 0 Å². The summed E-state index contributed by atoms with van der Waals surface area (Å²) in [4.78, 5) is 31.6. The van der Waals surface area contributed by atoms with Crippen molar-refractivity contribution in [2.45, 2.75) is 6.92 Å². The molecule has 0 aliphatic carbocycles. The molecule has 26 heavy (non-hydrogen) atoms. The Labute approximate surface area is 154 Å². The van der Waals surface area contributed by atoms with Crippen molar-refractivity contribution in [3.05, 3.63) is 57.2 Å². The number of carbonyl (C=O) groups is 1. The Bertz CT molecular complexity index is 1020. The summed E-state index contributed by atoms with van der Waals surface area (Å²) < 4.78 is 1.35. The Balaban J connectivity index is 1.52. The molecule has 3 heterocycles. The molecule has 4 rings (SSSR count). The summed E-state index contributed by atoms with van der Waals surface area (Å²) >= 11 is 5.93. The zero-order valence-corrected chi connectivity index (χ0v) is 14.9. The van der Waals surface area contributed by atoms with Crippen molar-refractivity contribution >= 4 is 28.7 Å². The molecule has 1 amide bonds. The lowest BCUT2D eigenvalue weighted by Gasteiger charge is -2.35. The lowest BCUT2D eigenvalue weighted by Crippen LogP contribution is -2.49. The van der Waals surface area contributed by atoms with Gasteiger partial charge in [-0.2, -0.15) is 0 Å². The van der Waals surface area contributed by atoms with E-state index in [1.165, 1.54) is 4.52 Å². The van der Waals surface area contributed by atoms with Crippen LogP contribution < -0.4 is 10.5 Å². The maximum absolute atomic E-state index is 12.8. The molecule has 1 saturated heterocycles. The number of aromatic nitrogens is 4. The first-order valence-corrected chi connectivity index (χ1v) is 8.65. The fourth-order valence-electron chi connectivity index (χ4n) is 3.16. The van der Waals surface area contributed by atoms with Crippen LogP contribution in [0.2, 0.25) is 5.02 Å². The summed E-state index contributed by atoms with van der Waals surface area (Å²) in [5.74, 6) is -0.273. The molecule has 0 unspecified atom stereocenters. The van der Waals surface area contributed by atoms with Gasteiger partial charge in [-0.3, -0.25) is 9.59 Å². The zero-order chi connectivity index (χ0) is 18.3. The van der Waals surface area contributed by atoms with Gasteiger partial charge in [-0.1, -0.05) is 16.8 Å². The third-order valence-electron chi connectivity index (χ3n) is 4.50. The smallest absolute Gasteiger partial charge is 0.277 e. The summed E-state index contributed by atoms with van der Waals surface area (Å²) in [5.41, 5.74) is 1.63. The molecule has 3 aromatic rings. The van der Waals surface area contributed by atoms with Crippen molar-refractivity contribution in [3.8, 4) is 0 Å². The van der Waals surface area contributed by atoms with Gasteiger partial charge in [0.25, 0.3) is 11.5 Å². The van der Waals surface area contributed by atoms with Gasteiger partial charge in [-0.05, 0) is 31.2 Å². The third-order valence-corrected chi connectivity index (χ3v) is 4.75. The van der Waals surface area contributed by atoms with E-state index in [1.807, 2.05) is 24.3 Å². The van der Waals surface area contributed by atoms with Gasteiger partial charge in [0.1, 0.15) is 0 Å². The van der Waals surface area contributed by atoms with Crippen LogP contribution >= 0.6 is 11.6 Å². The molecule has 0 saturated carbocycles. The molecule has 0 spiro atoms. The van der Waals surface area contributed by atoms with E-state index in [2.05, 4.69) is 20.2 Å². The molecule has 0 radical (unpaired) electrons. The van der Waals surface area contributed by atoms with Crippen molar-refractivity contribution in [3.63, 3.8) is 0 Å². The highest BCUT2D eigenvalue weighted by molar-refractivity contribution is 6.30. The average Bonchev–Trinajstić information content (AvgIpc) is 3.06. The molecule has 0 bridgehead atoms. The Morgan fingerprint density at radius 3 is 2.54 bits per heavy atom. The van der Waals surface area contributed by atoms with E-state index in [-0.39, 0.29) is 22.7 Å². The SMILES string of the molecule is Cc1cn2nnc(C(=O)N3CCN(c4ccc(Cl)cc4)CC3)c2c(=O)[nH]1. The second kappa shape index (κ2) is 6.45. The first kappa shape index (κ1) is 16.6. The van der Waals surface area contributed by atoms with Crippen molar-refractivity contribution in [1.29, 1.82) is 0 Å². The third kappa shape index (κ3) is 2.92. The van der Waals surface area contributed by atoms with Crippen LogP contribution in [0.1, 0.15) is 16.2 Å². The average molecular weight is 373 g/mol. The van der Waals surface area contributed by atoms with Crippen molar-refractivity contribution in [2.75, 3.05) is 31.1 Å². The molecule has 1 aliphatic heterocycles. The van der Waals surface area contributed by atoms with E-state index >= 15 is 0 Å². The lowest BCUT2D eigenvalue weighted by atomic mass is 10.2. The molecule has 134 valence electrons. The molecule has 1 aliphatic rings. The number of carbonyl (C=O) groups excluding carboxylic acids is 1. The van der Waals surface area contributed by atoms with E-state index in [1.54, 1.807) is 18.0 Å². The van der Waals surface area contributed by atoms with Crippen LogP contribution in [0.4, 0.5) is 5.69 Å². The minimum atomic E-state index is -0.363. The second-order valence-corrected chi connectivity index (χ2v) is 6.69. The first-order valence-electron chi connectivity index (χ1n) is 8.27. The van der Waals surface area contributed by atoms with E-state index in [0.29, 0.717) is 36.9 Å². The van der Waals surface area contributed by atoms with Gasteiger partial charge in [0.2, 0.25) is 0 Å². The number of halogens is 1. The van der Waals surface area contributed by atoms with Gasteiger partial charge < -0.3 is 14.8 Å². The number of piperazine rings is 1. The molecule has 0 atom stereocenters. The maximum Gasteiger partial charge on any atom is 0.277 e.